The molecule has 0 saturated carbocycles. The molecule has 7 heteroatoms. The largest absolute Gasteiger partial charge is 0.472 e. The molecule has 166 valence electrons. The molecule has 2 N–H and O–H groups in total. The lowest BCUT2D eigenvalue weighted by Crippen LogP contribution is -2.54. The highest BCUT2D eigenvalue weighted by Gasteiger charge is 2.38. The second-order valence-corrected chi connectivity index (χ2v) is 8.78. The first-order valence-corrected chi connectivity index (χ1v) is 10.6. The van der Waals surface area contributed by atoms with Gasteiger partial charge in [0.1, 0.15) is 25.0 Å². The van der Waals surface area contributed by atoms with Gasteiger partial charge < -0.3 is 19.8 Å². The fourth-order valence-corrected chi connectivity index (χ4v) is 3.98. The fourth-order valence-electron chi connectivity index (χ4n) is 3.98. The van der Waals surface area contributed by atoms with E-state index in [1.165, 1.54) is 12.5 Å². The number of carbonyl (C=O) groups is 3. The van der Waals surface area contributed by atoms with Crippen LogP contribution in [0.25, 0.3) is 0 Å². The lowest BCUT2D eigenvalue weighted by atomic mass is 9.79. The van der Waals surface area contributed by atoms with E-state index in [0.717, 1.165) is 12.0 Å². The molecule has 3 atom stereocenters. The van der Waals surface area contributed by atoms with E-state index in [9.17, 15) is 14.4 Å². The van der Waals surface area contributed by atoms with E-state index in [4.69, 9.17) is 9.15 Å². The van der Waals surface area contributed by atoms with Crippen LogP contribution < -0.4 is 10.6 Å². The van der Waals surface area contributed by atoms with Crippen LogP contribution in [-0.4, -0.2) is 42.4 Å². The zero-order valence-electron chi connectivity index (χ0n) is 18.2. The molecule has 2 heterocycles. The Balaban J connectivity index is 1.75. The summed E-state index contributed by atoms with van der Waals surface area (Å²) in [5.41, 5.74) is 1.21. The van der Waals surface area contributed by atoms with Crippen molar-refractivity contribution in [1.82, 2.24) is 10.6 Å². The van der Waals surface area contributed by atoms with Crippen molar-refractivity contribution < 1.29 is 23.5 Å². The molecule has 1 aliphatic rings. The smallest absolute Gasteiger partial charge is 0.255 e. The zero-order chi connectivity index (χ0) is 22.4. The van der Waals surface area contributed by atoms with Crippen LogP contribution in [0, 0.1) is 5.41 Å². The van der Waals surface area contributed by atoms with E-state index < -0.39 is 18.0 Å². The predicted octanol–water partition coefficient (Wildman–Crippen LogP) is 2.90. The number of hydrogen-bond acceptors (Lipinski definition) is 5. The summed E-state index contributed by atoms with van der Waals surface area (Å²) in [7, 11) is 0. The number of rotatable bonds is 9. The van der Waals surface area contributed by atoms with Gasteiger partial charge in [-0.05, 0) is 36.3 Å². The number of benzene rings is 1. The standard InChI is InChI=1S/C24H30N2O5/c1-4-20-21(19(27)15-31-20)26-23(29)18(25-22(28)17-10-11-30-14-17)13-24(2,3)12-16-8-6-5-7-9-16/h5-11,14,18,20-21H,4,12-13,15H2,1-3H3,(H,25,28)(H,26,29)/t18-,20?,21?/m0/s1. The highest BCUT2D eigenvalue weighted by molar-refractivity contribution is 5.98. The molecular weight excluding hydrogens is 396 g/mol. The van der Waals surface area contributed by atoms with Gasteiger partial charge in [0, 0.05) is 0 Å². The van der Waals surface area contributed by atoms with Crippen molar-refractivity contribution in [3.63, 3.8) is 0 Å². The molecule has 7 nitrogen and oxygen atoms in total. The van der Waals surface area contributed by atoms with Crippen molar-refractivity contribution in [2.75, 3.05) is 6.61 Å². The van der Waals surface area contributed by atoms with Gasteiger partial charge in [0.25, 0.3) is 5.91 Å². The Hall–Kier alpha value is -2.93. The van der Waals surface area contributed by atoms with Crippen LogP contribution in [0.3, 0.4) is 0 Å². The number of carbonyl (C=O) groups excluding carboxylic acids is 3. The third-order valence-corrected chi connectivity index (χ3v) is 5.55. The Morgan fingerprint density at radius 1 is 1.19 bits per heavy atom. The minimum atomic E-state index is -0.813. The molecule has 0 aliphatic carbocycles. The Morgan fingerprint density at radius 2 is 1.94 bits per heavy atom. The highest BCUT2D eigenvalue weighted by atomic mass is 16.5. The van der Waals surface area contributed by atoms with E-state index in [1.54, 1.807) is 6.07 Å². The summed E-state index contributed by atoms with van der Waals surface area (Å²) in [4.78, 5) is 38.0. The van der Waals surface area contributed by atoms with Gasteiger partial charge in [0.2, 0.25) is 5.91 Å². The number of furan rings is 1. The second kappa shape index (κ2) is 9.92. The fraction of sp³-hybridized carbons (Fsp3) is 0.458. The molecule has 2 aromatic rings. The van der Waals surface area contributed by atoms with Gasteiger partial charge in [-0.2, -0.15) is 0 Å². The molecule has 0 radical (unpaired) electrons. The molecule has 31 heavy (non-hydrogen) atoms. The Labute approximate surface area is 182 Å². The van der Waals surface area contributed by atoms with Crippen molar-refractivity contribution in [3.05, 3.63) is 60.1 Å². The van der Waals surface area contributed by atoms with Crippen LogP contribution in [0.5, 0.6) is 0 Å². The normalized spacial score (nSPS) is 19.8. The summed E-state index contributed by atoms with van der Waals surface area (Å²) in [6.45, 7) is 6.02. The maximum Gasteiger partial charge on any atom is 0.255 e. The van der Waals surface area contributed by atoms with E-state index in [-0.39, 0.29) is 29.8 Å². The molecule has 1 aliphatic heterocycles. The first-order chi connectivity index (χ1) is 14.8. The molecule has 0 bridgehead atoms. The first-order valence-electron chi connectivity index (χ1n) is 10.6. The van der Waals surface area contributed by atoms with Gasteiger partial charge in [-0.1, -0.05) is 51.1 Å². The van der Waals surface area contributed by atoms with Crippen molar-refractivity contribution in [2.45, 2.75) is 58.2 Å². The minimum Gasteiger partial charge on any atom is -0.472 e. The quantitative estimate of drug-likeness (QED) is 0.643. The number of amides is 2. The van der Waals surface area contributed by atoms with Gasteiger partial charge in [-0.15, -0.1) is 0 Å². The highest BCUT2D eigenvalue weighted by Crippen LogP contribution is 2.28. The topological polar surface area (TPSA) is 97.6 Å². The van der Waals surface area contributed by atoms with Crippen LogP contribution in [0.2, 0.25) is 0 Å². The van der Waals surface area contributed by atoms with Gasteiger partial charge in [-0.3, -0.25) is 14.4 Å². The summed E-state index contributed by atoms with van der Waals surface area (Å²) in [6.07, 6.45) is 4.14. The number of nitrogens with one attached hydrogen (secondary N) is 2. The van der Waals surface area contributed by atoms with Crippen LogP contribution in [-0.2, 0) is 20.7 Å². The molecule has 2 unspecified atom stereocenters. The summed E-state index contributed by atoms with van der Waals surface area (Å²) in [6, 6.07) is 10.0. The first kappa shape index (κ1) is 22.7. The summed E-state index contributed by atoms with van der Waals surface area (Å²) < 4.78 is 10.4. The van der Waals surface area contributed by atoms with Crippen molar-refractivity contribution in [2.24, 2.45) is 5.41 Å². The molecule has 2 amide bonds. The molecule has 1 fully saturated rings. The van der Waals surface area contributed by atoms with Crippen LogP contribution >= 0.6 is 0 Å². The van der Waals surface area contributed by atoms with Crippen LogP contribution in [0.1, 0.15) is 49.5 Å². The third kappa shape index (κ3) is 6.04. The molecule has 0 spiro atoms. The van der Waals surface area contributed by atoms with Crippen LogP contribution in [0.15, 0.2) is 53.3 Å². The number of hydrogen-bond donors (Lipinski definition) is 2. The van der Waals surface area contributed by atoms with E-state index >= 15 is 0 Å². The molecule has 1 aromatic carbocycles. The van der Waals surface area contributed by atoms with Crippen molar-refractivity contribution in [3.8, 4) is 0 Å². The summed E-state index contributed by atoms with van der Waals surface area (Å²) in [5.74, 6) is -0.936. The Morgan fingerprint density at radius 3 is 2.58 bits per heavy atom. The molecule has 1 saturated heterocycles. The minimum absolute atomic E-state index is 0.00496. The molecule has 1 aromatic heterocycles. The average Bonchev–Trinajstić information content (AvgIpc) is 3.38. The summed E-state index contributed by atoms with van der Waals surface area (Å²) in [5, 5.41) is 5.63. The maximum atomic E-state index is 13.2. The number of Topliss-reactive ketones (excluding diaryl/α,β-unsaturated/α-hetero) is 1. The van der Waals surface area contributed by atoms with Crippen molar-refractivity contribution >= 4 is 17.6 Å². The predicted molar refractivity (Wildman–Crippen MR) is 115 cm³/mol. The van der Waals surface area contributed by atoms with E-state index in [2.05, 4.69) is 24.5 Å². The van der Waals surface area contributed by atoms with Gasteiger partial charge >= 0.3 is 0 Å². The van der Waals surface area contributed by atoms with Crippen molar-refractivity contribution in [1.29, 1.82) is 0 Å². The molecule has 3 rings (SSSR count). The molecular formula is C24H30N2O5. The number of ether oxygens (including phenoxy) is 1. The number of ketones is 1. The average molecular weight is 427 g/mol. The van der Waals surface area contributed by atoms with Gasteiger partial charge in [0.15, 0.2) is 5.78 Å². The zero-order valence-corrected chi connectivity index (χ0v) is 18.2. The van der Waals surface area contributed by atoms with E-state index in [1.807, 2.05) is 37.3 Å². The second-order valence-electron chi connectivity index (χ2n) is 8.78. The van der Waals surface area contributed by atoms with Crippen LogP contribution in [0.4, 0.5) is 0 Å². The Kier molecular flexibility index (Phi) is 7.28. The lowest BCUT2D eigenvalue weighted by molar-refractivity contribution is -0.128. The van der Waals surface area contributed by atoms with Gasteiger partial charge in [0.05, 0.1) is 17.9 Å². The SMILES string of the molecule is CCC1OCC(=O)C1NC(=O)[C@H](CC(C)(C)Cc1ccccc1)NC(=O)c1ccoc1. The summed E-state index contributed by atoms with van der Waals surface area (Å²) >= 11 is 0. The lowest BCUT2D eigenvalue weighted by Gasteiger charge is -2.31. The van der Waals surface area contributed by atoms with Gasteiger partial charge in [-0.25, -0.2) is 0 Å². The maximum absolute atomic E-state index is 13.2. The third-order valence-electron chi connectivity index (χ3n) is 5.55. The monoisotopic (exact) mass is 426 g/mol. The Bertz CT molecular complexity index is 892. The van der Waals surface area contributed by atoms with E-state index in [0.29, 0.717) is 18.4 Å².